The number of benzene rings is 2. The van der Waals surface area contributed by atoms with E-state index in [2.05, 4.69) is 30.9 Å². The Morgan fingerprint density at radius 3 is 2.06 bits per heavy atom. The Hall–Kier alpha value is -2.61. The number of fused-ring (bicyclic) bond motifs is 1. The van der Waals surface area contributed by atoms with Gasteiger partial charge in [-0.25, -0.2) is 8.78 Å². The van der Waals surface area contributed by atoms with Gasteiger partial charge < -0.3 is 0 Å². The lowest BCUT2D eigenvalue weighted by molar-refractivity contribution is -0.142. The van der Waals surface area contributed by atoms with Crippen LogP contribution in [0, 0.1) is 41.2 Å². The lowest BCUT2D eigenvalue weighted by Gasteiger charge is -2.41. The normalized spacial score (nSPS) is 25.4. The number of allylic oxidation sites excluding steroid dienone is 2. The molecule has 174 valence electrons. The topological polar surface area (TPSA) is 0 Å². The van der Waals surface area contributed by atoms with E-state index in [1.807, 2.05) is 24.3 Å². The molecule has 2 aliphatic carbocycles. The maximum Gasteiger partial charge on any atom is 0.422 e. The molecule has 0 aromatic heterocycles. The number of rotatable bonds is 2. The van der Waals surface area contributed by atoms with Gasteiger partial charge in [-0.1, -0.05) is 36.1 Å². The van der Waals surface area contributed by atoms with E-state index in [-0.39, 0.29) is 5.56 Å². The Kier molecular flexibility index (Phi) is 6.93. The summed E-state index contributed by atoms with van der Waals surface area (Å²) >= 11 is 0. The van der Waals surface area contributed by atoms with Gasteiger partial charge in [-0.15, -0.1) is 0 Å². The van der Waals surface area contributed by atoms with Crippen LogP contribution in [0.5, 0.6) is 0 Å². The molecule has 0 aliphatic heterocycles. The lowest BCUT2D eigenvalue weighted by atomic mass is 9.64. The van der Waals surface area contributed by atoms with Crippen LogP contribution < -0.4 is 0 Å². The fourth-order valence-electron chi connectivity index (χ4n) is 5.57. The van der Waals surface area contributed by atoms with Gasteiger partial charge in [0.25, 0.3) is 0 Å². The fraction of sp³-hybridized carbons (Fsp3) is 0.429. The second kappa shape index (κ2) is 9.71. The summed E-state index contributed by atoms with van der Waals surface area (Å²) < 4.78 is 65.6. The highest BCUT2D eigenvalue weighted by Crippen LogP contribution is 2.47. The smallest absolute Gasteiger partial charge is 0.206 e. The molecule has 0 nitrogen and oxygen atoms in total. The van der Waals surface area contributed by atoms with Crippen molar-refractivity contribution < 1.29 is 22.0 Å². The number of halogens is 5. The van der Waals surface area contributed by atoms with Crippen molar-refractivity contribution in [1.29, 1.82) is 0 Å². The molecule has 33 heavy (non-hydrogen) atoms. The highest BCUT2D eigenvalue weighted by Gasteiger charge is 2.38. The predicted molar refractivity (Wildman–Crippen MR) is 120 cm³/mol. The van der Waals surface area contributed by atoms with Crippen molar-refractivity contribution in [2.75, 3.05) is 0 Å². The lowest BCUT2D eigenvalue weighted by Crippen LogP contribution is -2.30. The van der Waals surface area contributed by atoms with Crippen molar-refractivity contribution in [2.24, 2.45) is 17.8 Å². The molecular weight excluding hydrogens is 431 g/mol. The Balaban J connectivity index is 1.42. The molecule has 2 saturated carbocycles. The van der Waals surface area contributed by atoms with E-state index < -0.39 is 23.4 Å². The molecule has 0 bridgehead atoms. The van der Waals surface area contributed by atoms with Crippen LogP contribution >= 0.6 is 0 Å². The third-order valence-electron chi connectivity index (χ3n) is 7.18. The van der Waals surface area contributed by atoms with E-state index in [0.717, 1.165) is 17.8 Å². The molecule has 4 rings (SSSR count). The average Bonchev–Trinajstić information content (AvgIpc) is 2.76. The summed E-state index contributed by atoms with van der Waals surface area (Å²) in [5, 5.41) is 0. The summed E-state index contributed by atoms with van der Waals surface area (Å²) in [6.45, 7) is 2.09. The zero-order chi connectivity index (χ0) is 23.6. The van der Waals surface area contributed by atoms with Crippen molar-refractivity contribution in [1.82, 2.24) is 0 Å². The first kappa shape index (κ1) is 23.5. The van der Waals surface area contributed by atoms with Crippen molar-refractivity contribution >= 4 is 0 Å². The molecule has 0 N–H and O–H groups in total. The van der Waals surface area contributed by atoms with Crippen LogP contribution in [0.4, 0.5) is 22.0 Å². The largest absolute Gasteiger partial charge is 0.422 e. The minimum atomic E-state index is -5.08. The fourth-order valence-corrected chi connectivity index (χ4v) is 5.57. The van der Waals surface area contributed by atoms with Crippen molar-refractivity contribution in [3.8, 4) is 11.8 Å². The third kappa shape index (κ3) is 5.49. The van der Waals surface area contributed by atoms with Gasteiger partial charge in [-0.3, -0.25) is 0 Å². The molecule has 5 heteroatoms. The van der Waals surface area contributed by atoms with Crippen LogP contribution in [0.25, 0.3) is 0 Å². The zero-order valence-electron chi connectivity index (χ0n) is 18.6. The third-order valence-corrected chi connectivity index (χ3v) is 7.18. The van der Waals surface area contributed by atoms with Crippen molar-refractivity contribution in [3.63, 3.8) is 0 Å². The van der Waals surface area contributed by atoms with Gasteiger partial charge in [-0.05, 0) is 98.9 Å². The Bertz CT molecular complexity index is 1050. The molecule has 2 aromatic carbocycles. The number of hydrogen-bond donors (Lipinski definition) is 0. The van der Waals surface area contributed by atoms with Gasteiger partial charge in [0.2, 0.25) is 0 Å². The zero-order valence-corrected chi connectivity index (χ0v) is 18.6. The van der Waals surface area contributed by atoms with Crippen LogP contribution in [0.1, 0.15) is 73.6 Å². The predicted octanol–water partition coefficient (Wildman–Crippen LogP) is 8.26. The number of hydrogen-bond acceptors (Lipinski definition) is 0. The van der Waals surface area contributed by atoms with Gasteiger partial charge in [-0.2, -0.15) is 13.2 Å². The van der Waals surface area contributed by atoms with Gasteiger partial charge >= 0.3 is 6.18 Å². The summed E-state index contributed by atoms with van der Waals surface area (Å²) in [7, 11) is 0. The molecule has 2 aliphatic rings. The highest BCUT2D eigenvalue weighted by molar-refractivity contribution is 5.45. The number of alkyl halides is 3. The first-order valence-electron chi connectivity index (χ1n) is 11.6. The Labute approximate surface area is 191 Å². The highest BCUT2D eigenvalue weighted by atomic mass is 19.4. The first-order chi connectivity index (χ1) is 15.7. The van der Waals surface area contributed by atoms with Crippen LogP contribution in [0.3, 0.4) is 0 Å². The summed E-state index contributed by atoms with van der Waals surface area (Å²) in [5.41, 5.74) is -0.0856. The average molecular weight is 459 g/mol. The second-order valence-electron chi connectivity index (χ2n) is 9.31. The molecule has 2 fully saturated rings. The second-order valence-corrected chi connectivity index (χ2v) is 9.31. The van der Waals surface area contributed by atoms with Crippen LogP contribution in [0.2, 0.25) is 0 Å². The quantitative estimate of drug-likeness (QED) is 0.241. The summed E-state index contributed by atoms with van der Waals surface area (Å²) in [6, 6.07) is 9.08. The minimum Gasteiger partial charge on any atom is -0.206 e. The van der Waals surface area contributed by atoms with Crippen molar-refractivity contribution in [3.05, 3.63) is 82.4 Å². The van der Waals surface area contributed by atoms with Crippen LogP contribution in [-0.2, 0) is 6.18 Å². The standard InChI is InChI=1S/C28H27F5/c1-2-3-19-8-11-24-17-23(13-12-22(24)14-19)21-9-6-18(7-10-21)4-5-20-15-25(29)27(26(30)16-20)28(31,32)33/h2-3,6-7,9-10,15-16,19,22-24H,8,11-14,17H2,1H3/b3-2+. The molecule has 0 radical (unpaired) electrons. The maximum atomic E-state index is 13.7. The van der Waals surface area contributed by atoms with Crippen LogP contribution in [-0.4, -0.2) is 0 Å². The summed E-state index contributed by atoms with van der Waals surface area (Å²) in [4.78, 5) is 0. The van der Waals surface area contributed by atoms with Gasteiger partial charge in [0.1, 0.15) is 17.2 Å². The molecule has 0 amide bonds. The van der Waals surface area contributed by atoms with Gasteiger partial charge in [0.15, 0.2) is 0 Å². The molecular formula is C28H27F5. The van der Waals surface area contributed by atoms with Crippen molar-refractivity contribution in [2.45, 2.75) is 57.5 Å². The van der Waals surface area contributed by atoms with E-state index in [0.29, 0.717) is 23.6 Å². The SMILES string of the molecule is C/C=C/C1CCC2CC(c3ccc(C#Cc4cc(F)c(C(F)(F)F)c(F)c4)cc3)CCC2C1. The summed E-state index contributed by atoms with van der Waals surface area (Å²) in [5.74, 6) is 4.93. The van der Waals surface area contributed by atoms with E-state index in [9.17, 15) is 22.0 Å². The van der Waals surface area contributed by atoms with E-state index >= 15 is 0 Å². The molecule has 4 unspecified atom stereocenters. The maximum absolute atomic E-state index is 13.7. The van der Waals surface area contributed by atoms with Crippen LogP contribution in [0.15, 0.2) is 48.6 Å². The molecule has 0 saturated heterocycles. The molecule has 4 atom stereocenters. The molecule has 0 spiro atoms. The Morgan fingerprint density at radius 2 is 1.42 bits per heavy atom. The monoisotopic (exact) mass is 458 g/mol. The minimum absolute atomic E-state index is 0.131. The van der Waals surface area contributed by atoms with Gasteiger partial charge in [0, 0.05) is 11.1 Å². The molecule has 0 heterocycles. The van der Waals surface area contributed by atoms with E-state index in [1.54, 1.807) is 0 Å². The summed E-state index contributed by atoms with van der Waals surface area (Å²) in [6.07, 6.45) is 6.97. The molecule has 2 aromatic rings. The van der Waals surface area contributed by atoms with E-state index in [1.165, 1.54) is 44.1 Å². The first-order valence-corrected chi connectivity index (χ1v) is 11.6. The Morgan fingerprint density at radius 1 is 0.818 bits per heavy atom. The van der Waals surface area contributed by atoms with Gasteiger partial charge in [0.05, 0.1) is 0 Å². The van der Waals surface area contributed by atoms with E-state index in [4.69, 9.17) is 0 Å².